The Hall–Kier alpha value is -1.26. The third-order valence-corrected chi connectivity index (χ3v) is 3.39. The molecule has 1 aromatic heterocycles. The Morgan fingerprint density at radius 3 is 2.38 bits per heavy atom. The SMILES string of the molecule is CO[C@H](C)c1ccc(-c2nnc(C)s2)cc1. The van der Waals surface area contributed by atoms with Crippen molar-refractivity contribution in [1.29, 1.82) is 0 Å². The summed E-state index contributed by atoms with van der Waals surface area (Å²) in [5, 5.41) is 10.1. The Labute approximate surface area is 99.1 Å². The van der Waals surface area contributed by atoms with Gasteiger partial charge in [0, 0.05) is 12.7 Å². The van der Waals surface area contributed by atoms with Gasteiger partial charge in [-0.1, -0.05) is 35.6 Å². The summed E-state index contributed by atoms with van der Waals surface area (Å²) in [5.41, 5.74) is 2.28. The predicted octanol–water partition coefficient (Wildman–Crippen LogP) is 3.22. The molecular weight excluding hydrogens is 220 g/mol. The number of rotatable bonds is 3. The molecule has 0 N–H and O–H groups in total. The number of aromatic nitrogens is 2. The minimum atomic E-state index is 0.130. The summed E-state index contributed by atoms with van der Waals surface area (Å²) in [6.45, 7) is 3.99. The van der Waals surface area contributed by atoms with E-state index < -0.39 is 0 Å². The molecule has 0 aliphatic heterocycles. The lowest BCUT2D eigenvalue weighted by molar-refractivity contribution is 0.119. The van der Waals surface area contributed by atoms with Crippen LogP contribution in [-0.2, 0) is 4.74 Å². The fourth-order valence-corrected chi connectivity index (χ4v) is 2.14. The highest BCUT2D eigenvalue weighted by atomic mass is 32.1. The molecule has 1 aromatic carbocycles. The first-order valence-electron chi connectivity index (χ1n) is 5.14. The lowest BCUT2D eigenvalue weighted by Crippen LogP contribution is -1.94. The van der Waals surface area contributed by atoms with Crippen LogP contribution in [0.25, 0.3) is 10.6 Å². The Morgan fingerprint density at radius 1 is 1.19 bits per heavy atom. The van der Waals surface area contributed by atoms with Crippen molar-refractivity contribution in [3.63, 3.8) is 0 Å². The van der Waals surface area contributed by atoms with Crippen LogP contribution in [0, 0.1) is 6.92 Å². The van der Waals surface area contributed by atoms with Gasteiger partial charge < -0.3 is 4.74 Å². The second-order valence-corrected chi connectivity index (χ2v) is 4.81. The lowest BCUT2D eigenvalue weighted by Gasteiger charge is -2.09. The van der Waals surface area contributed by atoms with Crippen molar-refractivity contribution in [2.45, 2.75) is 20.0 Å². The molecule has 0 saturated heterocycles. The molecule has 0 spiro atoms. The summed E-state index contributed by atoms with van der Waals surface area (Å²) in [5.74, 6) is 0. The third-order valence-electron chi connectivity index (χ3n) is 2.51. The first-order valence-corrected chi connectivity index (χ1v) is 5.95. The molecule has 3 nitrogen and oxygen atoms in total. The number of aryl methyl sites for hydroxylation is 1. The largest absolute Gasteiger partial charge is 0.377 e. The summed E-state index contributed by atoms with van der Waals surface area (Å²) in [4.78, 5) is 0. The molecular formula is C12H14N2OS. The highest BCUT2D eigenvalue weighted by Crippen LogP contribution is 2.25. The van der Waals surface area contributed by atoms with Crippen LogP contribution >= 0.6 is 11.3 Å². The maximum Gasteiger partial charge on any atom is 0.147 e. The van der Waals surface area contributed by atoms with Gasteiger partial charge in [-0.3, -0.25) is 0 Å². The molecule has 0 bridgehead atoms. The first kappa shape index (κ1) is 11.2. The van der Waals surface area contributed by atoms with Crippen LogP contribution < -0.4 is 0 Å². The van der Waals surface area contributed by atoms with Crippen LogP contribution in [0.1, 0.15) is 23.6 Å². The summed E-state index contributed by atoms with van der Waals surface area (Å²) in [7, 11) is 1.71. The zero-order valence-corrected chi connectivity index (χ0v) is 10.4. The van der Waals surface area contributed by atoms with E-state index in [4.69, 9.17) is 4.74 Å². The van der Waals surface area contributed by atoms with E-state index in [-0.39, 0.29) is 6.10 Å². The van der Waals surface area contributed by atoms with Crippen molar-refractivity contribution in [3.8, 4) is 10.6 Å². The fraction of sp³-hybridized carbons (Fsp3) is 0.333. The number of ether oxygens (including phenoxy) is 1. The van der Waals surface area contributed by atoms with Gasteiger partial charge in [-0.25, -0.2) is 0 Å². The van der Waals surface area contributed by atoms with Crippen LogP contribution in [0.2, 0.25) is 0 Å². The van der Waals surface area contributed by atoms with Gasteiger partial charge >= 0.3 is 0 Å². The summed E-state index contributed by atoms with van der Waals surface area (Å²) in [6.07, 6.45) is 0.130. The van der Waals surface area contributed by atoms with Crippen molar-refractivity contribution in [1.82, 2.24) is 10.2 Å². The fourth-order valence-electron chi connectivity index (χ4n) is 1.45. The van der Waals surface area contributed by atoms with E-state index in [1.807, 2.05) is 13.8 Å². The van der Waals surface area contributed by atoms with Crippen LogP contribution in [0.15, 0.2) is 24.3 Å². The highest BCUT2D eigenvalue weighted by molar-refractivity contribution is 7.14. The minimum absolute atomic E-state index is 0.130. The van der Waals surface area contributed by atoms with E-state index in [9.17, 15) is 0 Å². The topological polar surface area (TPSA) is 35.0 Å². The van der Waals surface area contributed by atoms with Gasteiger partial charge in [0.2, 0.25) is 0 Å². The van der Waals surface area contributed by atoms with Crippen LogP contribution in [0.4, 0.5) is 0 Å². The van der Waals surface area contributed by atoms with E-state index in [0.717, 1.165) is 15.6 Å². The normalized spacial score (nSPS) is 12.7. The summed E-state index contributed by atoms with van der Waals surface area (Å²) < 4.78 is 5.26. The van der Waals surface area contributed by atoms with Crippen molar-refractivity contribution in [2.75, 3.05) is 7.11 Å². The van der Waals surface area contributed by atoms with Crippen LogP contribution in [0.5, 0.6) is 0 Å². The van der Waals surface area contributed by atoms with Gasteiger partial charge in [0.25, 0.3) is 0 Å². The quantitative estimate of drug-likeness (QED) is 0.818. The van der Waals surface area contributed by atoms with E-state index in [1.54, 1.807) is 18.4 Å². The molecule has 16 heavy (non-hydrogen) atoms. The molecule has 4 heteroatoms. The molecule has 1 heterocycles. The zero-order chi connectivity index (χ0) is 11.5. The number of hydrogen-bond donors (Lipinski definition) is 0. The van der Waals surface area contributed by atoms with E-state index >= 15 is 0 Å². The van der Waals surface area contributed by atoms with E-state index in [2.05, 4.69) is 34.5 Å². The Morgan fingerprint density at radius 2 is 1.88 bits per heavy atom. The van der Waals surface area contributed by atoms with Crippen molar-refractivity contribution in [3.05, 3.63) is 34.8 Å². The van der Waals surface area contributed by atoms with E-state index in [1.165, 1.54) is 5.56 Å². The van der Waals surface area contributed by atoms with Gasteiger partial charge in [-0.2, -0.15) is 0 Å². The third kappa shape index (κ3) is 2.28. The molecule has 2 rings (SSSR count). The van der Waals surface area contributed by atoms with E-state index in [0.29, 0.717) is 0 Å². The highest BCUT2D eigenvalue weighted by Gasteiger charge is 2.06. The average molecular weight is 234 g/mol. The predicted molar refractivity (Wildman–Crippen MR) is 65.5 cm³/mol. The Kier molecular flexibility index (Phi) is 3.31. The van der Waals surface area contributed by atoms with Crippen molar-refractivity contribution >= 4 is 11.3 Å². The molecule has 0 aliphatic rings. The number of methoxy groups -OCH3 is 1. The van der Waals surface area contributed by atoms with Gasteiger partial charge in [0.1, 0.15) is 10.0 Å². The van der Waals surface area contributed by atoms with Crippen molar-refractivity contribution in [2.24, 2.45) is 0 Å². The first-order chi connectivity index (χ1) is 7.70. The number of benzene rings is 1. The Bertz CT molecular complexity index is 464. The van der Waals surface area contributed by atoms with Crippen LogP contribution in [-0.4, -0.2) is 17.3 Å². The second kappa shape index (κ2) is 4.72. The van der Waals surface area contributed by atoms with Crippen LogP contribution in [0.3, 0.4) is 0 Å². The number of hydrogen-bond acceptors (Lipinski definition) is 4. The molecule has 2 aromatic rings. The molecule has 0 fully saturated rings. The monoisotopic (exact) mass is 234 g/mol. The van der Waals surface area contributed by atoms with Gasteiger partial charge in [-0.05, 0) is 19.4 Å². The standard InChI is InChI=1S/C12H14N2OS/c1-8(15-3)10-4-6-11(7-5-10)12-14-13-9(2)16-12/h4-8H,1-3H3/t8-/m1/s1. The smallest absolute Gasteiger partial charge is 0.147 e. The maximum absolute atomic E-state index is 5.26. The van der Waals surface area contributed by atoms with Gasteiger partial charge in [0.05, 0.1) is 6.10 Å². The zero-order valence-electron chi connectivity index (χ0n) is 9.60. The molecule has 0 aliphatic carbocycles. The van der Waals surface area contributed by atoms with Crippen molar-refractivity contribution < 1.29 is 4.74 Å². The lowest BCUT2D eigenvalue weighted by atomic mass is 10.1. The Balaban J connectivity index is 2.25. The molecule has 0 unspecified atom stereocenters. The summed E-state index contributed by atoms with van der Waals surface area (Å²) >= 11 is 1.61. The second-order valence-electron chi connectivity index (χ2n) is 3.63. The van der Waals surface area contributed by atoms with Gasteiger partial charge in [0.15, 0.2) is 0 Å². The molecule has 1 atom stereocenters. The average Bonchev–Trinajstić information content (AvgIpc) is 2.75. The maximum atomic E-state index is 5.26. The minimum Gasteiger partial charge on any atom is -0.377 e. The molecule has 0 amide bonds. The summed E-state index contributed by atoms with van der Waals surface area (Å²) in [6, 6.07) is 8.26. The van der Waals surface area contributed by atoms with Gasteiger partial charge in [-0.15, -0.1) is 10.2 Å². The molecule has 0 radical (unpaired) electrons. The number of nitrogens with zero attached hydrogens (tertiary/aromatic N) is 2. The molecule has 0 saturated carbocycles. The molecule has 84 valence electrons.